The molecule has 0 radical (unpaired) electrons. The van der Waals surface area contributed by atoms with Crippen molar-refractivity contribution in [3.8, 4) is 0 Å². The van der Waals surface area contributed by atoms with Crippen molar-refractivity contribution < 1.29 is 9.18 Å². The number of rotatable bonds is 4. The quantitative estimate of drug-likeness (QED) is 0.876. The standard InChI is InChI=1S/C15H22FN3O/c1-18-15(20)13-7-2-3-8-19(13)14(10-17)11-5-4-6-12(16)9-11/h4-6,9,13-14H,2-3,7-8,10,17H2,1H3,(H,18,20). The molecule has 2 rings (SSSR count). The van der Waals surface area contributed by atoms with Gasteiger partial charge in [-0.3, -0.25) is 9.69 Å². The van der Waals surface area contributed by atoms with Gasteiger partial charge in [-0.15, -0.1) is 0 Å². The molecule has 1 aromatic carbocycles. The van der Waals surface area contributed by atoms with Crippen molar-refractivity contribution in [2.24, 2.45) is 5.73 Å². The van der Waals surface area contributed by atoms with Gasteiger partial charge >= 0.3 is 0 Å². The molecule has 20 heavy (non-hydrogen) atoms. The molecule has 3 N–H and O–H groups in total. The highest BCUT2D eigenvalue weighted by Gasteiger charge is 2.33. The second kappa shape index (κ2) is 6.81. The molecule has 0 bridgehead atoms. The first-order chi connectivity index (χ1) is 9.67. The number of likely N-dealkylation sites (N-methyl/N-ethyl adjacent to an activating group) is 1. The van der Waals surface area contributed by atoms with Crippen LogP contribution < -0.4 is 11.1 Å². The number of halogens is 1. The topological polar surface area (TPSA) is 58.4 Å². The lowest BCUT2D eigenvalue weighted by Crippen LogP contribution is -2.51. The maximum absolute atomic E-state index is 13.4. The Balaban J connectivity index is 2.26. The van der Waals surface area contributed by atoms with E-state index in [9.17, 15) is 9.18 Å². The number of benzene rings is 1. The van der Waals surface area contributed by atoms with Crippen molar-refractivity contribution in [1.29, 1.82) is 0 Å². The number of amides is 1. The lowest BCUT2D eigenvalue weighted by atomic mass is 9.95. The Morgan fingerprint density at radius 3 is 3.00 bits per heavy atom. The van der Waals surface area contributed by atoms with E-state index in [2.05, 4.69) is 10.2 Å². The Bertz CT molecular complexity index is 466. The zero-order valence-electron chi connectivity index (χ0n) is 11.8. The van der Waals surface area contributed by atoms with Crippen molar-refractivity contribution in [2.45, 2.75) is 31.3 Å². The van der Waals surface area contributed by atoms with Crippen molar-refractivity contribution in [2.75, 3.05) is 20.1 Å². The molecule has 5 heteroatoms. The summed E-state index contributed by atoms with van der Waals surface area (Å²) in [6.45, 7) is 1.19. The third kappa shape index (κ3) is 3.16. The third-order valence-corrected chi connectivity index (χ3v) is 3.95. The molecule has 1 fully saturated rings. The van der Waals surface area contributed by atoms with E-state index in [1.807, 2.05) is 6.07 Å². The molecule has 0 aromatic heterocycles. The van der Waals surface area contributed by atoms with Crippen LogP contribution in [0.4, 0.5) is 4.39 Å². The van der Waals surface area contributed by atoms with Crippen LogP contribution in [-0.4, -0.2) is 37.0 Å². The van der Waals surface area contributed by atoms with Gasteiger partial charge in [-0.05, 0) is 37.1 Å². The molecular weight excluding hydrogens is 257 g/mol. The Hall–Kier alpha value is -1.46. The predicted molar refractivity (Wildman–Crippen MR) is 76.6 cm³/mol. The first-order valence-corrected chi connectivity index (χ1v) is 7.10. The Morgan fingerprint density at radius 1 is 1.55 bits per heavy atom. The van der Waals surface area contributed by atoms with Crippen LogP contribution in [0.1, 0.15) is 30.9 Å². The molecule has 1 saturated heterocycles. The fourth-order valence-corrected chi connectivity index (χ4v) is 2.95. The van der Waals surface area contributed by atoms with E-state index in [1.165, 1.54) is 12.1 Å². The van der Waals surface area contributed by atoms with Gasteiger partial charge in [0.1, 0.15) is 5.82 Å². The highest BCUT2D eigenvalue weighted by Crippen LogP contribution is 2.28. The Morgan fingerprint density at radius 2 is 2.35 bits per heavy atom. The summed E-state index contributed by atoms with van der Waals surface area (Å²) in [5, 5.41) is 2.71. The van der Waals surface area contributed by atoms with Crippen molar-refractivity contribution in [3.05, 3.63) is 35.6 Å². The van der Waals surface area contributed by atoms with E-state index >= 15 is 0 Å². The van der Waals surface area contributed by atoms with Gasteiger partial charge < -0.3 is 11.1 Å². The molecule has 1 aliphatic rings. The second-order valence-electron chi connectivity index (χ2n) is 5.17. The van der Waals surface area contributed by atoms with Gasteiger partial charge in [-0.25, -0.2) is 4.39 Å². The first-order valence-electron chi connectivity index (χ1n) is 7.10. The number of hydrogen-bond donors (Lipinski definition) is 2. The first kappa shape index (κ1) is 14.9. The summed E-state index contributed by atoms with van der Waals surface area (Å²) in [6.07, 6.45) is 2.90. The molecule has 0 spiro atoms. The number of carbonyl (C=O) groups is 1. The SMILES string of the molecule is CNC(=O)C1CCCCN1C(CN)c1cccc(F)c1. The summed E-state index contributed by atoms with van der Waals surface area (Å²) in [6, 6.07) is 6.19. The van der Waals surface area contributed by atoms with Crippen LogP contribution in [0.25, 0.3) is 0 Å². The van der Waals surface area contributed by atoms with Crippen LogP contribution in [-0.2, 0) is 4.79 Å². The summed E-state index contributed by atoms with van der Waals surface area (Å²) >= 11 is 0. The van der Waals surface area contributed by atoms with E-state index in [0.717, 1.165) is 31.4 Å². The van der Waals surface area contributed by atoms with Crippen LogP contribution in [0.15, 0.2) is 24.3 Å². The molecule has 2 atom stereocenters. The smallest absolute Gasteiger partial charge is 0.237 e. The number of piperidine rings is 1. The van der Waals surface area contributed by atoms with E-state index in [1.54, 1.807) is 13.1 Å². The Labute approximate surface area is 119 Å². The maximum Gasteiger partial charge on any atom is 0.237 e. The lowest BCUT2D eigenvalue weighted by Gasteiger charge is -2.40. The van der Waals surface area contributed by atoms with Gasteiger partial charge in [-0.2, -0.15) is 0 Å². The summed E-state index contributed by atoms with van der Waals surface area (Å²) in [5.41, 5.74) is 6.73. The zero-order chi connectivity index (χ0) is 14.5. The molecule has 2 unspecified atom stereocenters. The molecule has 1 amide bonds. The van der Waals surface area contributed by atoms with Crippen LogP contribution in [0.3, 0.4) is 0 Å². The van der Waals surface area contributed by atoms with Crippen molar-refractivity contribution in [1.82, 2.24) is 10.2 Å². The number of likely N-dealkylation sites (tertiary alicyclic amines) is 1. The second-order valence-corrected chi connectivity index (χ2v) is 5.17. The minimum atomic E-state index is -0.269. The average molecular weight is 279 g/mol. The maximum atomic E-state index is 13.4. The monoisotopic (exact) mass is 279 g/mol. The van der Waals surface area contributed by atoms with Gasteiger partial charge in [0.15, 0.2) is 0 Å². The molecule has 1 heterocycles. The van der Waals surface area contributed by atoms with Gasteiger partial charge in [-0.1, -0.05) is 18.6 Å². The normalized spacial score (nSPS) is 21.4. The molecule has 1 aliphatic heterocycles. The van der Waals surface area contributed by atoms with E-state index in [0.29, 0.717) is 6.54 Å². The lowest BCUT2D eigenvalue weighted by molar-refractivity contribution is -0.128. The zero-order valence-corrected chi connectivity index (χ0v) is 11.8. The fourth-order valence-electron chi connectivity index (χ4n) is 2.95. The number of hydrogen-bond acceptors (Lipinski definition) is 3. The van der Waals surface area contributed by atoms with E-state index in [-0.39, 0.29) is 23.8 Å². The fraction of sp³-hybridized carbons (Fsp3) is 0.533. The molecule has 0 aliphatic carbocycles. The number of nitrogens with zero attached hydrogens (tertiary/aromatic N) is 1. The summed E-state index contributed by atoms with van der Waals surface area (Å²) in [7, 11) is 1.65. The van der Waals surface area contributed by atoms with Gasteiger partial charge in [0.2, 0.25) is 5.91 Å². The molecule has 1 aromatic rings. The van der Waals surface area contributed by atoms with Gasteiger partial charge in [0.25, 0.3) is 0 Å². The van der Waals surface area contributed by atoms with Gasteiger partial charge in [0, 0.05) is 19.6 Å². The van der Waals surface area contributed by atoms with Crippen LogP contribution >= 0.6 is 0 Å². The third-order valence-electron chi connectivity index (χ3n) is 3.95. The highest BCUT2D eigenvalue weighted by atomic mass is 19.1. The predicted octanol–water partition coefficient (Wildman–Crippen LogP) is 1.43. The Kier molecular flexibility index (Phi) is 5.09. The number of nitrogens with two attached hydrogens (primary N) is 1. The number of nitrogens with one attached hydrogen (secondary N) is 1. The molecule has 0 saturated carbocycles. The summed E-state index contributed by atoms with van der Waals surface area (Å²) in [5.74, 6) is -0.256. The molecular formula is C15H22FN3O. The van der Waals surface area contributed by atoms with E-state index in [4.69, 9.17) is 5.73 Å². The van der Waals surface area contributed by atoms with Crippen molar-refractivity contribution >= 4 is 5.91 Å². The molecule has 4 nitrogen and oxygen atoms in total. The number of carbonyl (C=O) groups excluding carboxylic acids is 1. The average Bonchev–Trinajstić information content (AvgIpc) is 2.48. The summed E-state index contributed by atoms with van der Waals surface area (Å²) in [4.78, 5) is 14.1. The van der Waals surface area contributed by atoms with Crippen LogP contribution in [0.5, 0.6) is 0 Å². The largest absolute Gasteiger partial charge is 0.358 e. The van der Waals surface area contributed by atoms with E-state index < -0.39 is 0 Å². The highest BCUT2D eigenvalue weighted by molar-refractivity contribution is 5.81. The molecule has 110 valence electrons. The summed E-state index contributed by atoms with van der Waals surface area (Å²) < 4.78 is 13.4. The van der Waals surface area contributed by atoms with Crippen molar-refractivity contribution in [3.63, 3.8) is 0 Å². The van der Waals surface area contributed by atoms with Crippen LogP contribution in [0.2, 0.25) is 0 Å². The van der Waals surface area contributed by atoms with Gasteiger partial charge in [0.05, 0.1) is 6.04 Å². The van der Waals surface area contributed by atoms with Crippen LogP contribution in [0, 0.1) is 5.82 Å². The minimum Gasteiger partial charge on any atom is -0.358 e. The minimum absolute atomic E-state index is 0.0135.